The fraction of sp³-hybridized carbons (Fsp3) is 0.444. The molecule has 1 saturated carbocycles. The Hall–Kier alpha value is -3.35. The van der Waals surface area contributed by atoms with Crippen LogP contribution in [0.3, 0.4) is 0 Å². The molecule has 0 spiro atoms. The van der Waals surface area contributed by atoms with Crippen molar-refractivity contribution in [2.45, 2.75) is 65.0 Å². The van der Waals surface area contributed by atoms with Crippen LogP contribution in [-0.4, -0.2) is 35.7 Å². The van der Waals surface area contributed by atoms with Crippen molar-refractivity contribution in [3.05, 3.63) is 53.6 Å². The summed E-state index contributed by atoms with van der Waals surface area (Å²) in [6.45, 7) is 3.94. The Bertz CT molecular complexity index is 1060. The van der Waals surface area contributed by atoms with Crippen LogP contribution in [-0.2, 0) is 16.1 Å². The molecule has 1 fully saturated rings. The number of hydrogen-bond acceptors (Lipinski definition) is 5. The first-order chi connectivity index (χ1) is 16.5. The molecule has 2 aromatic rings. The van der Waals surface area contributed by atoms with Gasteiger partial charge in [0.15, 0.2) is 11.5 Å². The van der Waals surface area contributed by atoms with Gasteiger partial charge in [0, 0.05) is 30.5 Å². The summed E-state index contributed by atoms with van der Waals surface area (Å²) in [6, 6.07) is 13.4. The number of ether oxygens (including phenoxy) is 2. The van der Waals surface area contributed by atoms with Gasteiger partial charge in [-0.2, -0.15) is 5.10 Å². The first kappa shape index (κ1) is 23.8. The summed E-state index contributed by atoms with van der Waals surface area (Å²) < 4.78 is 11.8. The first-order valence-corrected chi connectivity index (χ1v) is 12.1. The van der Waals surface area contributed by atoms with Crippen molar-refractivity contribution in [3.63, 3.8) is 0 Å². The second-order valence-corrected chi connectivity index (χ2v) is 9.01. The summed E-state index contributed by atoms with van der Waals surface area (Å²) in [5, 5.41) is 9.12. The van der Waals surface area contributed by atoms with Crippen LogP contribution in [0.5, 0.6) is 11.5 Å². The van der Waals surface area contributed by atoms with Crippen molar-refractivity contribution >= 4 is 23.2 Å². The lowest BCUT2D eigenvalue weighted by Crippen LogP contribution is -2.36. The fourth-order valence-corrected chi connectivity index (χ4v) is 4.62. The average Bonchev–Trinajstić information content (AvgIpc) is 3.34. The van der Waals surface area contributed by atoms with Crippen LogP contribution in [0.15, 0.2) is 47.6 Å². The quantitative estimate of drug-likeness (QED) is 0.588. The van der Waals surface area contributed by atoms with E-state index in [1.165, 1.54) is 19.8 Å². The van der Waals surface area contributed by atoms with Gasteiger partial charge in [-0.3, -0.25) is 9.59 Å². The number of rotatable bonds is 8. The molecule has 7 nitrogen and oxygen atoms in total. The van der Waals surface area contributed by atoms with Crippen molar-refractivity contribution in [1.29, 1.82) is 0 Å². The number of carbonyl (C=O) groups is 2. The molecule has 0 bridgehead atoms. The monoisotopic (exact) mass is 463 g/mol. The lowest BCUT2D eigenvalue weighted by molar-refractivity contribution is -0.133. The molecule has 1 aliphatic heterocycles. The van der Waals surface area contributed by atoms with Gasteiger partial charge in [0.05, 0.1) is 25.5 Å². The van der Waals surface area contributed by atoms with Crippen LogP contribution in [0.2, 0.25) is 0 Å². The molecular weight excluding hydrogens is 430 g/mol. The number of benzene rings is 2. The minimum absolute atomic E-state index is 0.0116. The Labute approximate surface area is 201 Å². The van der Waals surface area contributed by atoms with Gasteiger partial charge < -0.3 is 14.8 Å². The van der Waals surface area contributed by atoms with Gasteiger partial charge in [-0.15, -0.1) is 0 Å². The molecule has 0 saturated heterocycles. The standard InChI is InChI=1S/C27H33N3O4/c1-4-20-16-26(32)30(17-19-9-12-22(13-10-19)28-18(2)31)29-27(20)21-11-14-24(33-3)25(15-21)34-23-7-5-6-8-23/h9-15,20,23H,4-8,16-17H2,1-3H3,(H,28,31). The molecular formula is C27H33N3O4. The minimum Gasteiger partial charge on any atom is -0.493 e. The van der Waals surface area contributed by atoms with E-state index in [0.29, 0.717) is 18.7 Å². The predicted octanol–water partition coefficient (Wildman–Crippen LogP) is 5.14. The Balaban J connectivity index is 1.59. The second kappa shape index (κ2) is 10.7. The van der Waals surface area contributed by atoms with Crippen molar-refractivity contribution in [1.82, 2.24) is 5.01 Å². The Kier molecular flexibility index (Phi) is 7.50. The van der Waals surface area contributed by atoms with E-state index >= 15 is 0 Å². The smallest absolute Gasteiger partial charge is 0.243 e. The van der Waals surface area contributed by atoms with Gasteiger partial charge in [-0.1, -0.05) is 19.1 Å². The molecule has 7 heteroatoms. The summed E-state index contributed by atoms with van der Waals surface area (Å²) in [5.74, 6) is 1.40. The molecule has 1 unspecified atom stereocenters. The number of anilines is 1. The molecule has 1 N–H and O–H groups in total. The molecule has 2 aliphatic rings. The molecule has 2 amide bonds. The zero-order valence-electron chi connectivity index (χ0n) is 20.2. The molecule has 1 heterocycles. The highest BCUT2D eigenvalue weighted by Crippen LogP contribution is 2.34. The van der Waals surface area contributed by atoms with E-state index in [0.717, 1.165) is 47.5 Å². The maximum absolute atomic E-state index is 12.9. The highest BCUT2D eigenvalue weighted by atomic mass is 16.5. The van der Waals surface area contributed by atoms with E-state index in [4.69, 9.17) is 14.6 Å². The van der Waals surface area contributed by atoms with Gasteiger partial charge in [-0.05, 0) is 68.0 Å². The van der Waals surface area contributed by atoms with Crippen molar-refractivity contribution in [2.75, 3.05) is 12.4 Å². The molecule has 1 atom stereocenters. The molecule has 34 heavy (non-hydrogen) atoms. The second-order valence-electron chi connectivity index (χ2n) is 9.01. The third-order valence-electron chi connectivity index (χ3n) is 6.48. The number of methoxy groups -OCH3 is 1. The number of hydrogen-bond donors (Lipinski definition) is 1. The maximum Gasteiger partial charge on any atom is 0.243 e. The highest BCUT2D eigenvalue weighted by molar-refractivity contribution is 6.06. The van der Waals surface area contributed by atoms with Crippen LogP contribution in [0.4, 0.5) is 5.69 Å². The van der Waals surface area contributed by atoms with Crippen LogP contribution in [0.25, 0.3) is 0 Å². The number of nitrogens with one attached hydrogen (secondary N) is 1. The molecule has 0 aromatic heterocycles. The SMILES string of the molecule is CCC1CC(=O)N(Cc2ccc(NC(C)=O)cc2)N=C1c1ccc(OC)c(OC2CCCC2)c1. The predicted molar refractivity (Wildman–Crippen MR) is 132 cm³/mol. The van der Waals surface area contributed by atoms with Gasteiger partial charge in [0.25, 0.3) is 0 Å². The van der Waals surface area contributed by atoms with Crippen molar-refractivity contribution in [3.8, 4) is 11.5 Å². The average molecular weight is 464 g/mol. The van der Waals surface area contributed by atoms with E-state index in [1.54, 1.807) is 12.1 Å². The first-order valence-electron chi connectivity index (χ1n) is 12.1. The third kappa shape index (κ3) is 5.58. The maximum atomic E-state index is 12.9. The van der Waals surface area contributed by atoms with Crippen LogP contribution in [0.1, 0.15) is 63.5 Å². The molecule has 180 valence electrons. The fourth-order valence-electron chi connectivity index (χ4n) is 4.62. The highest BCUT2D eigenvalue weighted by Gasteiger charge is 2.30. The lowest BCUT2D eigenvalue weighted by Gasteiger charge is -2.29. The molecule has 4 rings (SSSR count). The molecule has 1 aliphatic carbocycles. The number of amides is 2. The Morgan fingerprint density at radius 3 is 2.50 bits per heavy atom. The summed E-state index contributed by atoms with van der Waals surface area (Å²) in [7, 11) is 1.65. The zero-order valence-corrected chi connectivity index (χ0v) is 20.2. The zero-order chi connectivity index (χ0) is 24.1. The van der Waals surface area contributed by atoms with E-state index in [1.807, 2.05) is 42.5 Å². The Morgan fingerprint density at radius 2 is 1.85 bits per heavy atom. The van der Waals surface area contributed by atoms with Crippen LogP contribution in [0, 0.1) is 5.92 Å². The van der Waals surface area contributed by atoms with Crippen molar-refractivity contribution in [2.24, 2.45) is 11.0 Å². The van der Waals surface area contributed by atoms with E-state index in [2.05, 4.69) is 12.2 Å². The summed E-state index contributed by atoms with van der Waals surface area (Å²) >= 11 is 0. The number of hydrazone groups is 1. The normalized spacial score (nSPS) is 18.6. The molecule has 2 aromatic carbocycles. The van der Waals surface area contributed by atoms with Gasteiger partial charge in [-0.25, -0.2) is 5.01 Å². The topological polar surface area (TPSA) is 80.2 Å². The van der Waals surface area contributed by atoms with E-state index in [-0.39, 0.29) is 23.8 Å². The minimum atomic E-state index is -0.116. The van der Waals surface area contributed by atoms with Gasteiger partial charge in [0.1, 0.15) is 0 Å². The van der Waals surface area contributed by atoms with E-state index in [9.17, 15) is 9.59 Å². The number of nitrogens with zero attached hydrogens (tertiary/aromatic N) is 2. The number of carbonyl (C=O) groups excluding carboxylic acids is 2. The van der Waals surface area contributed by atoms with Gasteiger partial charge in [0.2, 0.25) is 11.8 Å². The van der Waals surface area contributed by atoms with Crippen molar-refractivity contribution < 1.29 is 19.1 Å². The summed E-state index contributed by atoms with van der Waals surface area (Å²) in [5.41, 5.74) is 3.53. The summed E-state index contributed by atoms with van der Waals surface area (Å²) in [6.07, 6.45) is 5.99. The third-order valence-corrected chi connectivity index (χ3v) is 6.48. The van der Waals surface area contributed by atoms with Crippen LogP contribution >= 0.6 is 0 Å². The Morgan fingerprint density at radius 1 is 1.12 bits per heavy atom. The molecule has 0 radical (unpaired) electrons. The van der Waals surface area contributed by atoms with Crippen LogP contribution < -0.4 is 14.8 Å². The van der Waals surface area contributed by atoms with E-state index < -0.39 is 0 Å². The van der Waals surface area contributed by atoms with Gasteiger partial charge >= 0.3 is 0 Å². The summed E-state index contributed by atoms with van der Waals surface area (Å²) in [4.78, 5) is 24.1. The lowest BCUT2D eigenvalue weighted by atomic mass is 9.89. The largest absolute Gasteiger partial charge is 0.493 e.